The van der Waals surface area contributed by atoms with Crippen LogP contribution in [-0.2, 0) is 17.7 Å². The van der Waals surface area contributed by atoms with Crippen molar-refractivity contribution < 1.29 is 9.84 Å². The van der Waals surface area contributed by atoms with Gasteiger partial charge in [0.2, 0.25) is 0 Å². The molecule has 2 aliphatic heterocycles. The molecule has 1 atom stereocenters. The maximum Gasteiger partial charge on any atom is 0.0642 e. The van der Waals surface area contributed by atoms with Gasteiger partial charge in [-0.05, 0) is 63.0 Å². The Bertz CT molecular complexity index is 532. The van der Waals surface area contributed by atoms with Gasteiger partial charge in [-0.3, -0.25) is 0 Å². The Morgan fingerprint density at radius 1 is 1.24 bits per heavy atom. The summed E-state index contributed by atoms with van der Waals surface area (Å²) >= 11 is 0. The van der Waals surface area contributed by atoms with Crippen LogP contribution in [0.3, 0.4) is 0 Å². The van der Waals surface area contributed by atoms with Gasteiger partial charge in [0.1, 0.15) is 0 Å². The number of hydrogen-bond donors (Lipinski definition) is 2. The molecule has 1 saturated heterocycles. The van der Waals surface area contributed by atoms with Crippen molar-refractivity contribution >= 4 is 5.69 Å². The molecule has 0 radical (unpaired) electrons. The Morgan fingerprint density at radius 3 is 2.88 bits per heavy atom. The van der Waals surface area contributed by atoms with Crippen LogP contribution in [0.15, 0.2) is 18.2 Å². The monoisotopic (exact) mass is 347 g/mol. The third-order valence-electron chi connectivity index (χ3n) is 5.44. The van der Waals surface area contributed by atoms with Crippen LogP contribution in [0.25, 0.3) is 0 Å². The van der Waals surface area contributed by atoms with Gasteiger partial charge >= 0.3 is 0 Å². The number of benzene rings is 1. The standard InChI is InChI=1S/C20H33N3O2/c1-22(8-2-3-12-24)9-7-18-15-19-17(16-21-18)5-4-6-20(19)23-10-13-25-14-11-23/h4-6,18,21,24H,2-3,7-16H2,1H3. The van der Waals surface area contributed by atoms with E-state index in [9.17, 15) is 0 Å². The second-order valence-electron chi connectivity index (χ2n) is 7.32. The van der Waals surface area contributed by atoms with Crippen molar-refractivity contribution in [2.75, 3.05) is 57.9 Å². The number of ether oxygens (including phenoxy) is 1. The molecule has 0 spiro atoms. The van der Waals surface area contributed by atoms with E-state index < -0.39 is 0 Å². The highest BCUT2D eigenvalue weighted by atomic mass is 16.5. The number of aliphatic hydroxyl groups is 1. The predicted octanol–water partition coefficient (Wildman–Crippen LogP) is 1.63. The maximum absolute atomic E-state index is 8.90. The molecule has 1 aromatic carbocycles. The number of aliphatic hydroxyl groups excluding tert-OH is 1. The van der Waals surface area contributed by atoms with Crippen LogP contribution in [0.4, 0.5) is 5.69 Å². The molecule has 0 amide bonds. The van der Waals surface area contributed by atoms with E-state index in [0.29, 0.717) is 12.6 Å². The third-order valence-corrected chi connectivity index (χ3v) is 5.44. The molecule has 0 aliphatic carbocycles. The first kappa shape index (κ1) is 18.6. The lowest BCUT2D eigenvalue weighted by molar-refractivity contribution is 0.122. The molecular weight excluding hydrogens is 314 g/mol. The van der Waals surface area contributed by atoms with E-state index in [1.807, 2.05) is 0 Å². The van der Waals surface area contributed by atoms with E-state index in [1.54, 1.807) is 0 Å². The first-order chi connectivity index (χ1) is 12.3. The highest BCUT2D eigenvalue weighted by Crippen LogP contribution is 2.29. The molecule has 140 valence electrons. The predicted molar refractivity (Wildman–Crippen MR) is 102 cm³/mol. The summed E-state index contributed by atoms with van der Waals surface area (Å²) < 4.78 is 5.52. The van der Waals surface area contributed by atoms with Crippen LogP contribution in [0.5, 0.6) is 0 Å². The fourth-order valence-corrected chi connectivity index (χ4v) is 3.88. The van der Waals surface area contributed by atoms with Crippen LogP contribution >= 0.6 is 0 Å². The normalized spacial score (nSPS) is 20.8. The van der Waals surface area contributed by atoms with Gasteiger partial charge in [-0.1, -0.05) is 12.1 Å². The fraction of sp³-hybridized carbons (Fsp3) is 0.700. The second-order valence-corrected chi connectivity index (χ2v) is 7.32. The van der Waals surface area contributed by atoms with Crippen molar-refractivity contribution in [3.63, 3.8) is 0 Å². The number of hydrogen-bond acceptors (Lipinski definition) is 5. The van der Waals surface area contributed by atoms with Gasteiger partial charge in [0.15, 0.2) is 0 Å². The topological polar surface area (TPSA) is 48.0 Å². The first-order valence-electron chi connectivity index (χ1n) is 9.74. The zero-order chi connectivity index (χ0) is 17.5. The molecule has 0 aromatic heterocycles. The van der Waals surface area contributed by atoms with Crippen molar-refractivity contribution in [3.05, 3.63) is 29.3 Å². The summed E-state index contributed by atoms with van der Waals surface area (Å²) in [5, 5.41) is 12.6. The second kappa shape index (κ2) is 9.53. The number of anilines is 1. The molecule has 5 nitrogen and oxygen atoms in total. The van der Waals surface area contributed by atoms with Crippen molar-refractivity contribution in [1.29, 1.82) is 0 Å². The molecule has 0 bridgehead atoms. The summed E-state index contributed by atoms with van der Waals surface area (Å²) in [5.74, 6) is 0. The van der Waals surface area contributed by atoms with Crippen molar-refractivity contribution in [1.82, 2.24) is 10.2 Å². The van der Waals surface area contributed by atoms with E-state index in [2.05, 4.69) is 40.4 Å². The largest absolute Gasteiger partial charge is 0.396 e. The Morgan fingerprint density at radius 2 is 2.08 bits per heavy atom. The summed E-state index contributed by atoms with van der Waals surface area (Å²) in [5.41, 5.74) is 4.41. The molecule has 2 N–H and O–H groups in total. The zero-order valence-electron chi connectivity index (χ0n) is 15.5. The molecule has 3 rings (SSSR count). The SMILES string of the molecule is CN(CCCCO)CCC1Cc2c(cccc2N2CCOCC2)CN1. The molecule has 1 aromatic rings. The Labute approximate surface area is 152 Å². The quantitative estimate of drug-likeness (QED) is 0.700. The number of fused-ring (bicyclic) bond motifs is 1. The van der Waals surface area contributed by atoms with Gasteiger partial charge in [0, 0.05) is 38.0 Å². The van der Waals surface area contributed by atoms with Crippen molar-refractivity contribution in [2.45, 2.75) is 38.3 Å². The van der Waals surface area contributed by atoms with Crippen LogP contribution in [0.2, 0.25) is 0 Å². The summed E-state index contributed by atoms with van der Waals surface area (Å²) in [4.78, 5) is 4.88. The number of morpholine rings is 1. The highest BCUT2D eigenvalue weighted by Gasteiger charge is 2.23. The van der Waals surface area contributed by atoms with Gasteiger partial charge < -0.3 is 25.0 Å². The zero-order valence-corrected chi connectivity index (χ0v) is 15.5. The van der Waals surface area contributed by atoms with Gasteiger partial charge in [-0.15, -0.1) is 0 Å². The molecular formula is C20H33N3O2. The fourth-order valence-electron chi connectivity index (χ4n) is 3.88. The summed E-state index contributed by atoms with van der Waals surface area (Å²) in [6, 6.07) is 7.30. The lowest BCUT2D eigenvalue weighted by Crippen LogP contribution is -2.41. The number of unbranched alkanes of at least 4 members (excludes halogenated alkanes) is 1. The summed E-state index contributed by atoms with van der Waals surface area (Å²) in [6.45, 7) is 7.14. The molecule has 2 heterocycles. The Hall–Kier alpha value is -1.14. The average Bonchev–Trinajstić information content (AvgIpc) is 2.66. The summed E-state index contributed by atoms with van der Waals surface area (Å²) in [6.07, 6.45) is 4.28. The molecule has 0 saturated carbocycles. The molecule has 1 unspecified atom stereocenters. The molecule has 5 heteroatoms. The molecule has 2 aliphatic rings. The minimum atomic E-state index is 0.305. The van der Waals surface area contributed by atoms with Gasteiger partial charge in [0.25, 0.3) is 0 Å². The van der Waals surface area contributed by atoms with Crippen LogP contribution < -0.4 is 10.2 Å². The first-order valence-corrected chi connectivity index (χ1v) is 9.74. The third kappa shape index (κ3) is 5.17. The van der Waals surface area contributed by atoms with E-state index in [4.69, 9.17) is 9.84 Å². The number of rotatable bonds is 8. The highest BCUT2D eigenvalue weighted by molar-refractivity contribution is 5.58. The van der Waals surface area contributed by atoms with E-state index in [0.717, 1.165) is 65.2 Å². The molecule has 1 fully saturated rings. The average molecular weight is 348 g/mol. The molecule has 25 heavy (non-hydrogen) atoms. The number of nitrogens with zero attached hydrogens (tertiary/aromatic N) is 2. The minimum absolute atomic E-state index is 0.305. The van der Waals surface area contributed by atoms with Crippen molar-refractivity contribution in [3.8, 4) is 0 Å². The van der Waals surface area contributed by atoms with Crippen LogP contribution in [0, 0.1) is 0 Å². The van der Waals surface area contributed by atoms with Gasteiger partial charge in [0.05, 0.1) is 13.2 Å². The minimum Gasteiger partial charge on any atom is -0.396 e. The van der Waals surface area contributed by atoms with Gasteiger partial charge in [-0.25, -0.2) is 0 Å². The number of nitrogens with one attached hydrogen (secondary N) is 1. The lowest BCUT2D eigenvalue weighted by atomic mass is 9.92. The Kier molecular flexibility index (Phi) is 7.11. The van der Waals surface area contributed by atoms with Crippen LogP contribution in [-0.4, -0.2) is 69.1 Å². The van der Waals surface area contributed by atoms with Crippen molar-refractivity contribution in [2.24, 2.45) is 0 Å². The van der Waals surface area contributed by atoms with Crippen LogP contribution in [0.1, 0.15) is 30.4 Å². The van der Waals surface area contributed by atoms with E-state index in [1.165, 1.54) is 23.2 Å². The van der Waals surface area contributed by atoms with Gasteiger partial charge in [-0.2, -0.15) is 0 Å². The van der Waals surface area contributed by atoms with E-state index in [-0.39, 0.29) is 0 Å². The summed E-state index contributed by atoms with van der Waals surface area (Å²) in [7, 11) is 2.19. The lowest BCUT2D eigenvalue weighted by Gasteiger charge is -2.35. The van der Waals surface area contributed by atoms with E-state index >= 15 is 0 Å². The Balaban J connectivity index is 1.56. The smallest absolute Gasteiger partial charge is 0.0642 e. The maximum atomic E-state index is 8.90.